The van der Waals surface area contributed by atoms with E-state index in [0.717, 1.165) is 11.1 Å². The van der Waals surface area contributed by atoms with E-state index in [2.05, 4.69) is 15.4 Å². The molecule has 7 nitrogen and oxygen atoms in total. The van der Waals surface area contributed by atoms with E-state index in [0.29, 0.717) is 23.0 Å². The molecule has 0 spiro atoms. The van der Waals surface area contributed by atoms with Crippen LogP contribution in [0.15, 0.2) is 33.3 Å². The van der Waals surface area contributed by atoms with Crippen LogP contribution in [0.5, 0.6) is 0 Å². The molecule has 0 aliphatic heterocycles. The van der Waals surface area contributed by atoms with Gasteiger partial charge >= 0.3 is 5.69 Å². The summed E-state index contributed by atoms with van der Waals surface area (Å²) in [4.78, 5) is 11.5. The second-order valence-electron chi connectivity index (χ2n) is 4.47. The molecule has 0 bridgehead atoms. The number of nitrogens with two attached hydrogens (primary N) is 1. The van der Waals surface area contributed by atoms with Crippen molar-refractivity contribution in [3.05, 3.63) is 45.4 Å². The third-order valence-corrected chi connectivity index (χ3v) is 4.17. The molecule has 0 radical (unpaired) electrons. The third kappa shape index (κ3) is 3.27. The Hall–Kier alpha value is -2.22. The molecule has 1 aromatic carbocycles. The van der Waals surface area contributed by atoms with Crippen LogP contribution in [0, 0.1) is 6.92 Å². The number of aromatic amines is 1. The summed E-state index contributed by atoms with van der Waals surface area (Å²) < 4.78 is 1.59. The molecular formula is C13H17N5O2S. The van der Waals surface area contributed by atoms with Crippen molar-refractivity contribution < 1.29 is 5.21 Å². The van der Waals surface area contributed by atoms with Crippen molar-refractivity contribution >= 4 is 17.6 Å². The van der Waals surface area contributed by atoms with Gasteiger partial charge in [0.05, 0.1) is 0 Å². The number of benzene rings is 1. The van der Waals surface area contributed by atoms with Crippen LogP contribution in [-0.4, -0.2) is 25.8 Å². The lowest BCUT2D eigenvalue weighted by Crippen LogP contribution is -2.16. The summed E-state index contributed by atoms with van der Waals surface area (Å²) in [5.41, 5.74) is 8.18. The van der Waals surface area contributed by atoms with E-state index in [-0.39, 0.29) is 11.5 Å². The van der Waals surface area contributed by atoms with Crippen molar-refractivity contribution in [3.8, 4) is 0 Å². The highest BCUT2D eigenvalue weighted by atomic mass is 32.2. The van der Waals surface area contributed by atoms with Gasteiger partial charge in [0.15, 0.2) is 11.0 Å². The van der Waals surface area contributed by atoms with Gasteiger partial charge in [-0.2, -0.15) is 0 Å². The van der Waals surface area contributed by atoms with Gasteiger partial charge in [0.1, 0.15) is 0 Å². The number of thioether (sulfide) groups is 1. The van der Waals surface area contributed by atoms with Gasteiger partial charge < -0.3 is 10.9 Å². The second-order valence-corrected chi connectivity index (χ2v) is 5.41. The fourth-order valence-corrected chi connectivity index (χ4v) is 3.00. The Labute approximate surface area is 125 Å². The van der Waals surface area contributed by atoms with Crippen molar-refractivity contribution in [1.29, 1.82) is 0 Å². The van der Waals surface area contributed by atoms with Gasteiger partial charge in [0.2, 0.25) is 0 Å². The Morgan fingerprint density at radius 3 is 2.95 bits per heavy atom. The molecule has 0 saturated heterocycles. The van der Waals surface area contributed by atoms with Crippen LogP contribution in [0.4, 0.5) is 0 Å². The molecule has 0 fully saturated rings. The molecule has 112 valence electrons. The van der Waals surface area contributed by atoms with E-state index in [1.807, 2.05) is 26.0 Å². The Kier molecular flexibility index (Phi) is 4.69. The van der Waals surface area contributed by atoms with Crippen molar-refractivity contribution in [2.45, 2.75) is 31.3 Å². The van der Waals surface area contributed by atoms with Crippen LogP contribution in [0.2, 0.25) is 0 Å². The van der Waals surface area contributed by atoms with Crippen LogP contribution < -0.4 is 11.4 Å². The Morgan fingerprint density at radius 2 is 2.33 bits per heavy atom. The average molecular weight is 307 g/mol. The molecule has 1 heterocycles. The first-order valence-electron chi connectivity index (χ1n) is 6.42. The summed E-state index contributed by atoms with van der Waals surface area (Å²) in [6.45, 7) is 4.44. The standard InChI is InChI=1S/C13H17N5O2S/c1-3-18-12(19)15-16-13(18)21-7-10-5-4-9(6-8(10)2)11(14)17-20/h4-6,20H,3,7H2,1-2H3,(H2,14,17)(H,15,19). The van der Waals surface area contributed by atoms with Crippen molar-refractivity contribution in [2.75, 3.05) is 0 Å². The van der Waals surface area contributed by atoms with E-state index in [9.17, 15) is 4.79 Å². The fraction of sp³-hybridized carbons (Fsp3) is 0.308. The second kappa shape index (κ2) is 6.49. The monoisotopic (exact) mass is 307 g/mol. The van der Waals surface area contributed by atoms with E-state index in [4.69, 9.17) is 10.9 Å². The minimum absolute atomic E-state index is 0.0874. The minimum Gasteiger partial charge on any atom is -0.409 e. The van der Waals surface area contributed by atoms with Crippen LogP contribution in [0.1, 0.15) is 23.6 Å². The Morgan fingerprint density at radius 1 is 1.57 bits per heavy atom. The van der Waals surface area contributed by atoms with Crippen LogP contribution in [0.3, 0.4) is 0 Å². The number of H-pyrrole nitrogens is 1. The highest BCUT2D eigenvalue weighted by Gasteiger charge is 2.09. The number of oxime groups is 1. The molecule has 2 rings (SSSR count). The van der Waals surface area contributed by atoms with E-state index in [1.165, 1.54) is 11.8 Å². The van der Waals surface area contributed by atoms with Gasteiger partial charge in [-0.15, -0.1) is 5.10 Å². The quantitative estimate of drug-likeness (QED) is 0.253. The summed E-state index contributed by atoms with van der Waals surface area (Å²) in [5.74, 6) is 0.775. The minimum atomic E-state index is -0.195. The van der Waals surface area contributed by atoms with Crippen molar-refractivity contribution in [3.63, 3.8) is 0 Å². The number of nitrogens with one attached hydrogen (secondary N) is 1. The van der Waals surface area contributed by atoms with Gasteiger partial charge in [-0.3, -0.25) is 4.57 Å². The maximum atomic E-state index is 11.5. The highest BCUT2D eigenvalue weighted by molar-refractivity contribution is 7.98. The molecule has 8 heteroatoms. The fourth-order valence-electron chi connectivity index (χ4n) is 1.91. The van der Waals surface area contributed by atoms with Gasteiger partial charge in [-0.05, 0) is 31.0 Å². The molecule has 2 aromatic rings. The molecule has 21 heavy (non-hydrogen) atoms. The van der Waals surface area contributed by atoms with Gasteiger partial charge in [0, 0.05) is 17.9 Å². The number of hydrogen-bond acceptors (Lipinski definition) is 5. The molecule has 0 amide bonds. The summed E-state index contributed by atoms with van der Waals surface area (Å²) >= 11 is 1.49. The molecule has 1 aromatic heterocycles. The zero-order chi connectivity index (χ0) is 15.4. The number of aryl methyl sites for hydroxylation is 1. The van der Waals surface area contributed by atoms with Gasteiger partial charge in [0.25, 0.3) is 0 Å². The summed E-state index contributed by atoms with van der Waals surface area (Å²) in [6.07, 6.45) is 0. The van der Waals surface area contributed by atoms with Gasteiger partial charge in [-0.25, -0.2) is 9.89 Å². The zero-order valence-corrected chi connectivity index (χ0v) is 12.6. The van der Waals surface area contributed by atoms with E-state index < -0.39 is 0 Å². The van der Waals surface area contributed by atoms with E-state index in [1.54, 1.807) is 10.6 Å². The smallest absolute Gasteiger partial charge is 0.343 e. The van der Waals surface area contributed by atoms with Crippen molar-refractivity contribution in [2.24, 2.45) is 10.9 Å². The summed E-state index contributed by atoms with van der Waals surface area (Å²) in [6, 6.07) is 5.59. The number of amidine groups is 1. The van der Waals surface area contributed by atoms with Crippen LogP contribution in [0.25, 0.3) is 0 Å². The molecule has 0 atom stereocenters. The number of nitrogens with zero attached hydrogens (tertiary/aromatic N) is 3. The van der Waals surface area contributed by atoms with Crippen molar-refractivity contribution in [1.82, 2.24) is 14.8 Å². The SMILES string of the molecule is CCn1c(SCc2ccc(/C(N)=N/O)cc2C)n[nH]c1=O. The Balaban J connectivity index is 2.15. The van der Waals surface area contributed by atoms with Gasteiger partial charge in [-0.1, -0.05) is 29.1 Å². The highest BCUT2D eigenvalue weighted by Crippen LogP contribution is 2.22. The van der Waals surface area contributed by atoms with Crippen LogP contribution >= 0.6 is 11.8 Å². The lowest BCUT2D eigenvalue weighted by Gasteiger charge is -2.08. The lowest BCUT2D eigenvalue weighted by molar-refractivity contribution is 0.318. The predicted octanol–water partition coefficient (Wildman–Crippen LogP) is 1.29. The lowest BCUT2D eigenvalue weighted by atomic mass is 10.1. The number of rotatable bonds is 5. The molecule has 0 aliphatic carbocycles. The van der Waals surface area contributed by atoms with Crippen LogP contribution in [-0.2, 0) is 12.3 Å². The zero-order valence-electron chi connectivity index (χ0n) is 11.8. The number of aromatic nitrogens is 3. The first-order valence-corrected chi connectivity index (χ1v) is 7.40. The third-order valence-electron chi connectivity index (χ3n) is 3.14. The molecule has 0 aliphatic rings. The van der Waals surface area contributed by atoms with E-state index >= 15 is 0 Å². The summed E-state index contributed by atoms with van der Waals surface area (Å²) in [5, 5.41) is 18.8. The first-order chi connectivity index (χ1) is 10.1. The summed E-state index contributed by atoms with van der Waals surface area (Å²) in [7, 11) is 0. The normalized spacial score (nSPS) is 11.8. The number of hydrogen-bond donors (Lipinski definition) is 3. The molecule has 0 saturated carbocycles. The average Bonchev–Trinajstić information content (AvgIpc) is 2.85. The topological polar surface area (TPSA) is 109 Å². The Bertz CT molecular complexity index is 720. The molecule has 4 N–H and O–H groups in total. The predicted molar refractivity (Wildman–Crippen MR) is 81.8 cm³/mol. The maximum Gasteiger partial charge on any atom is 0.343 e. The molecule has 0 unspecified atom stereocenters. The molecular weight excluding hydrogens is 290 g/mol. The first kappa shape index (κ1) is 15.2. The maximum absolute atomic E-state index is 11.5. The largest absolute Gasteiger partial charge is 0.409 e.